The fourth-order valence-corrected chi connectivity index (χ4v) is 6.33. The molecule has 3 unspecified atom stereocenters. The van der Waals surface area contributed by atoms with E-state index in [1.165, 1.54) is 11.8 Å². The first-order valence-electron chi connectivity index (χ1n) is 12.1. The molecule has 1 saturated heterocycles. The van der Waals surface area contributed by atoms with Crippen LogP contribution in [0.15, 0.2) is 52.3 Å². The maximum absolute atomic E-state index is 13.7. The van der Waals surface area contributed by atoms with Crippen LogP contribution in [-0.4, -0.2) is 41.0 Å². The quantitative estimate of drug-likeness (QED) is 0.451. The number of benzene rings is 2. The second kappa shape index (κ2) is 12.2. The lowest BCUT2D eigenvalue weighted by molar-refractivity contribution is 0.137. The van der Waals surface area contributed by atoms with Gasteiger partial charge in [0.2, 0.25) is 0 Å². The van der Waals surface area contributed by atoms with Crippen LogP contribution < -0.4 is 9.04 Å². The summed E-state index contributed by atoms with van der Waals surface area (Å²) in [6, 6.07) is 13.2. The highest BCUT2D eigenvalue weighted by Gasteiger charge is 2.22. The van der Waals surface area contributed by atoms with Crippen molar-refractivity contribution in [1.29, 1.82) is 4.78 Å². The number of nitrogens with zero attached hydrogens (tertiary/aromatic N) is 1. The molecule has 0 aliphatic carbocycles. The molecule has 1 aliphatic heterocycles. The summed E-state index contributed by atoms with van der Waals surface area (Å²) in [5, 5.41) is 0. The minimum Gasteiger partial charge on any atom is -0.492 e. The van der Waals surface area contributed by atoms with Crippen molar-refractivity contribution in [3.05, 3.63) is 48.0 Å². The van der Waals surface area contributed by atoms with Gasteiger partial charge in [-0.15, -0.1) is 0 Å². The lowest BCUT2D eigenvalue weighted by atomic mass is 10.0. The molecule has 0 saturated carbocycles. The van der Waals surface area contributed by atoms with Crippen LogP contribution in [0.5, 0.6) is 5.75 Å². The van der Waals surface area contributed by atoms with E-state index in [1.807, 2.05) is 16.4 Å². The first-order valence-corrected chi connectivity index (χ1v) is 15.1. The normalized spacial score (nSPS) is 19.3. The topological polar surface area (TPSA) is 79.7 Å². The summed E-state index contributed by atoms with van der Waals surface area (Å²) < 4.78 is 48.2. The lowest BCUT2D eigenvalue weighted by Gasteiger charge is -2.26. The zero-order valence-electron chi connectivity index (χ0n) is 20.7. The van der Waals surface area contributed by atoms with Crippen molar-refractivity contribution in [2.24, 2.45) is 11.8 Å². The van der Waals surface area contributed by atoms with Crippen molar-refractivity contribution in [2.45, 2.75) is 56.2 Å². The van der Waals surface area contributed by atoms with Gasteiger partial charge in [-0.1, -0.05) is 32.9 Å². The van der Waals surface area contributed by atoms with Gasteiger partial charge in [0, 0.05) is 31.7 Å². The molecule has 1 heterocycles. The highest BCUT2D eigenvalue weighted by atomic mass is 32.2. The molecule has 188 valence electrons. The van der Waals surface area contributed by atoms with Gasteiger partial charge >= 0.3 is 0 Å². The van der Waals surface area contributed by atoms with Gasteiger partial charge in [0.25, 0.3) is 0 Å². The summed E-state index contributed by atoms with van der Waals surface area (Å²) in [4.78, 5) is 0.821. The second-order valence-corrected chi connectivity index (χ2v) is 12.9. The van der Waals surface area contributed by atoms with Crippen molar-refractivity contribution in [3.8, 4) is 5.75 Å². The summed E-state index contributed by atoms with van der Waals surface area (Å²) >= 11 is 0. The fourth-order valence-electron chi connectivity index (χ4n) is 3.99. The third-order valence-electron chi connectivity index (χ3n) is 5.95. The average molecular weight is 507 g/mol. The van der Waals surface area contributed by atoms with Crippen LogP contribution in [0.25, 0.3) is 0 Å². The van der Waals surface area contributed by atoms with Gasteiger partial charge < -0.3 is 9.47 Å². The second-order valence-electron chi connectivity index (χ2n) is 9.40. The zero-order valence-corrected chi connectivity index (χ0v) is 22.4. The van der Waals surface area contributed by atoms with Crippen LogP contribution in [-0.2, 0) is 31.9 Å². The van der Waals surface area contributed by atoms with Gasteiger partial charge in [0.05, 0.1) is 26.1 Å². The van der Waals surface area contributed by atoms with Gasteiger partial charge in [-0.3, -0.25) is 4.31 Å². The number of hydrogen-bond acceptors (Lipinski definition) is 5. The maximum atomic E-state index is 13.7. The minimum atomic E-state index is -3.07. The molecular weight excluding hydrogens is 468 g/mol. The van der Waals surface area contributed by atoms with E-state index in [9.17, 15) is 8.42 Å². The SMILES string of the molecule is CCc1ccc(N(CC(C)C)S(=O)c2ccc(OCC3CCCOCC3)c(S(C)(=N)=O)c2)cc1. The smallest absolute Gasteiger partial charge is 0.152 e. The molecule has 0 bridgehead atoms. The average Bonchev–Trinajstić information content (AvgIpc) is 3.09. The van der Waals surface area contributed by atoms with E-state index < -0.39 is 20.7 Å². The number of ether oxygens (including phenoxy) is 2. The number of hydrogen-bond donors (Lipinski definition) is 1. The Morgan fingerprint density at radius 1 is 1.18 bits per heavy atom. The summed E-state index contributed by atoms with van der Waals surface area (Å²) in [5.74, 6) is 1.11. The molecule has 3 rings (SSSR count). The van der Waals surface area contributed by atoms with Crippen molar-refractivity contribution < 1.29 is 17.9 Å². The molecule has 8 heteroatoms. The van der Waals surface area contributed by atoms with Crippen molar-refractivity contribution >= 4 is 26.4 Å². The Labute approximate surface area is 207 Å². The monoisotopic (exact) mass is 506 g/mol. The molecule has 0 spiro atoms. The molecular formula is C26H38N2O4S2. The molecule has 0 radical (unpaired) electrons. The molecule has 2 aromatic carbocycles. The Morgan fingerprint density at radius 3 is 2.56 bits per heavy atom. The van der Waals surface area contributed by atoms with Crippen LogP contribution in [0.3, 0.4) is 0 Å². The predicted octanol–water partition coefficient (Wildman–Crippen LogP) is 5.67. The van der Waals surface area contributed by atoms with Crippen LogP contribution in [0.4, 0.5) is 5.69 Å². The summed E-state index contributed by atoms with van der Waals surface area (Å²) in [6.45, 7) is 8.91. The number of anilines is 1. The maximum Gasteiger partial charge on any atom is 0.152 e. The first-order chi connectivity index (χ1) is 16.2. The van der Waals surface area contributed by atoms with Crippen molar-refractivity contribution in [1.82, 2.24) is 0 Å². The van der Waals surface area contributed by atoms with E-state index >= 15 is 0 Å². The number of nitrogens with one attached hydrogen (secondary N) is 1. The molecule has 0 aromatic heterocycles. The molecule has 1 fully saturated rings. The van der Waals surface area contributed by atoms with Gasteiger partial charge in [0.1, 0.15) is 5.75 Å². The molecule has 2 aromatic rings. The van der Waals surface area contributed by atoms with E-state index in [-0.39, 0.29) is 0 Å². The third kappa shape index (κ3) is 7.30. The standard InChI is InChI=1S/C26H38N2O4S2/c1-5-21-8-10-23(11-9-21)28(18-20(2)3)33(29)24-12-13-25(26(17-24)34(4,27)30)32-19-22-7-6-15-31-16-14-22/h8-13,17,20,22,27H,5-7,14-16,18-19H2,1-4H3. The number of aryl methyl sites for hydroxylation is 1. The molecule has 1 N–H and O–H groups in total. The van der Waals surface area contributed by atoms with Crippen LogP contribution >= 0.6 is 0 Å². The van der Waals surface area contributed by atoms with E-state index in [0.717, 1.165) is 44.6 Å². The van der Waals surface area contributed by atoms with Crippen molar-refractivity contribution in [2.75, 3.05) is 36.9 Å². The predicted molar refractivity (Wildman–Crippen MR) is 140 cm³/mol. The Hall–Kier alpha value is -1.90. The summed E-state index contributed by atoms with van der Waals surface area (Å²) in [6.07, 6.45) is 5.30. The Morgan fingerprint density at radius 2 is 1.91 bits per heavy atom. The fraction of sp³-hybridized carbons (Fsp3) is 0.538. The van der Waals surface area contributed by atoms with Gasteiger partial charge in [0.15, 0.2) is 11.0 Å². The van der Waals surface area contributed by atoms with E-state index in [0.29, 0.717) is 40.5 Å². The largest absolute Gasteiger partial charge is 0.492 e. The van der Waals surface area contributed by atoms with E-state index in [4.69, 9.17) is 14.3 Å². The molecule has 0 amide bonds. The van der Waals surface area contributed by atoms with Crippen LogP contribution in [0.2, 0.25) is 0 Å². The number of rotatable bonds is 10. The Balaban J connectivity index is 1.88. The molecule has 6 nitrogen and oxygen atoms in total. The molecule has 34 heavy (non-hydrogen) atoms. The minimum absolute atomic E-state index is 0.298. The summed E-state index contributed by atoms with van der Waals surface area (Å²) in [7, 11) is -4.59. The highest BCUT2D eigenvalue weighted by Crippen LogP contribution is 2.30. The highest BCUT2D eigenvalue weighted by molar-refractivity contribution is 7.92. The molecule has 3 atom stereocenters. The Kier molecular flexibility index (Phi) is 9.56. The Bertz CT molecular complexity index is 1060. The van der Waals surface area contributed by atoms with Gasteiger partial charge in [-0.25, -0.2) is 13.2 Å². The zero-order chi connectivity index (χ0) is 24.7. The van der Waals surface area contributed by atoms with Crippen molar-refractivity contribution in [3.63, 3.8) is 0 Å². The van der Waals surface area contributed by atoms with Gasteiger partial charge in [-0.2, -0.15) is 0 Å². The lowest BCUT2D eigenvalue weighted by Crippen LogP contribution is -2.30. The first kappa shape index (κ1) is 26.7. The van der Waals surface area contributed by atoms with Gasteiger partial charge in [-0.05, 0) is 73.4 Å². The third-order valence-corrected chi connectivity index (χ3v) is 8.52. The van der Waals surface area contributed by atoms with Crippen LogP contribution in [0.1, 0.15) is 45.6 Å². The van der Waals surface area contributed by atoms with E-state index in [1.54, 1.807) is 18.2 Å². The van der Waals surface area contributed by atoms with Crippen LogP contribution in [0, 0.1) is 16.6 Å². The molecule has 1 aliphatic rings. The van der Waals surface area contributed by atoms with E-state index in [2.05, 4.69) is 32.9 Å². The summed E-state index contributed by atoms with van der Waals surface area (Å²) in [5.41, 5.74) is 2.10.